The fourth-order valence-corrected chi connectivity index (χ4v) is 3.68. The summed E-state index contributed by atoms with van der Waals surface area (Å²) in [5.41, 5.74) is 0. The molecule has 1 N–H and O–H groups in total. The maximum Gasteiger partial charge on any atom is 0.226 e. The minimum absolute atomic E-state index is 0. The van der Waals surface area contributed by atoms with Crippen molar-refractivity contribution in [2.45, 2.75) is 45.4 Å². The predicted molar refractivity (Wildman–Crippen MR) is 94.7 cm³/mol. The Morgan fingerprint density at radius 2 is 1.65 bits per heavy atom. The second kappa shape index (κ2) is 10.1. The molecule has 1 aliphatic carbocycles. The van der Waals surface area contributed by atoms with Crippen LogP contribution >= 0.6 is 12.4 Å². The van der Waals surface area contributed by atoms with Crippen molar-refractivity contribution in [2.75, 3.05) is 39.8 Å². The molecule has 23 heavy (non-hydrogen) atoms. The molecule has 0 radical (unpaired) electrons. The lowest BCUT2D eigenvalue weighted by atomic mass is 10.0. The van der Waals surface area contributed by atoms with Crippen LogP contribution in [-0.2, 0) is 9.59 Å². The minimum atomic E-state index is 0. The molecule has 0 aromatic rings. The van der Waals surface area contributed by atoms with Crippen LogP contribution in [0.1, 0.15) is 45.4 Å². The third kappa shape index (κ3) is 5.96. The lowest BCUT2D eigenvalue weighted by Gasteiger charge is -2.25. The fourth-order valence-electron chi connectivity index (χ4n) is 3.68. The van der Waals surface area contributed by atoms with Crippen LogP contribution in [0.15, 0.2) is 0 Å². The Morgan fingerprint density at radius 1 is 1.04 bits per heavy atom. The van der Waals surface area contributed by atoms with Crippen LogP contribution in [0.25, 0.3) is 0 Å². The number of hydrogen-bond acceptors (Lipinski definition) is 3. The molecule has 1 unspecified atom stereocenters. The highest BCUT2D eigenvalue weighted by atomic mass is 35.5. The SMILES string of the molecule is CNCC(C)C(=O)N1CCCN(C(=O)CC2CCCC2)CC1.Cl. The van der Waals surface area contributed by atoms with Crippen molar-refractivity contribution in [2.24, 2.45) is 11.8 Å². The highest BCUT2D eigenvalue weighted by Crippen LogP contribution is 2.28. The Balaban J connectivity index is 0.00000264. The first-order valence-corrected chi connectivity index (χ1v) is 8.83. The number of carbonyl (C=O) groups excluding carboxylic acids is 2. The van der Waals surface area contributed by atoms with Crippen LogP contribution in [-0.4, -0.2) is 61.4 Å². The highest BCUT2D eigenvalue weighted by Gasteiger charge is 2.26. The monoisotopic (exact) mass is 345 g/mol. The fraction of sp³-hybridized carbons (Fsp3) is 0.882. The van der Waals surface area contributed by atoms with E-state index < -0.39 is 0 Å². The van der Waals surface area contributed by atoms with Gasteiger partial charge in [-0.3, -0.25) is 9.59 Å². The predicted octanol–water partition coefficient (Wildman–Crippen LogP) is 1.90. The second-order valence-corrected chi connectivity index (χ2v) is 6.87. The van der Waals surface area contributed by atoms with E-state index in [2.05, 4.69) is 5.32 Å². The summed E-state index contributed by atoms with van der Waals surface area (Å²) in [7, 11) is 1.87. The van der Waals surface area contributed by atoms with Crippen LogP contribution < -0.4 is 5.32 Å². The Morgan fingerprint density at radius 3 is 2.30 bits per heavy atom. The summed E-state index contributed by atoms with van der Waals surface area (Å²) in [4.78, 5) is 28.7. The van der Waals surface area contributed by atoms with Crippen molar-refractivity contribution in [1.29, 1.82) is 0 Å². The zero-order valence-corrected chi connectivity index (χ0v) is 15.4. The molecule has 0 bridgehead atoms. The van der Waals surface area contributed by atoms with Gasteiger partial charge in [0.05, 0.1) is 0 Å². The molecular weight excluding hydrogens is 314 g/mol. The van der Waals surface area contributed by atoms with Crippen molar-refractivity contribution >= 4 is 24.2 Å². The van der Waals surface area contributed by atoms with Crippen molar-refractivity contribution in [3.05, 3.63) is 0 Å². The standard InChI is InChI=1S/C17H31N3O2.ClH/c1-14(13-18-2)17(22)20-9-5-8-19(10-11-20)16(21)12-15-6-3-4-7-15;/h14-15,18H,3-13H2,1-2H3;1H. The van der Waals surface area contributed by atoms with E-state index in [-0.39, 0.29) is 24.2 Å². The van der Waals surface area contributed by atoms with E-state index >= 15 is 0 Å². The number of halogens is 1. The zero-order chi connectivity index (χ0) is 15.9. The molecule has 0 aromatic heterocycles. The molecule has 0 spiro atoms. The summed E-state index contributed by atoms with van der Waals surface area (Å²) in [6, 6.07) is 0. The van der Waals surface area contributed by atoms with Crippen LogP contribution in [0.4, 0.5) is 0 Å². The lowest BCUT2D eigenvalue weighted by Crippen LogP contribution is -2.41. The lowest BCUT2D eigenvalue weighted by molar-refractivity contribution is -0.136. The number of rotatable bonds is 5. The average molecular weight is 346 g/mol. The third-order valence-electron chi connectivity index (χ3n) is 5.03. The summed E-state index contributed by atoms with van der Waals surface area (Å²) in [5.74, 6) is 1.11. The van der Waals surface area contributed by atoms with Gasteiger partial charge in [0.25, 0.3) is 0 Å². The molecule has 2 rings (SSSR count). The molecule has 2 aliphatic rings. The van der Waals surface area contributed by atoms with E-state index in [0.29, 0.717) is 37.9 Å². The van der Waals surface area contributed by atoms with E-state index in [1.54, 1.807) is 0 Å². The van der Waals surface area contributed by atoms with E-state index in [4.69, 9.17) is 0 Å². The minimum Gasteiger partial charge on any atom is -0.341 e. The van der Waals surface area contributed by atoms with Gasteiger partial charge in [0.15, 0.2) is 0 Å². The van der Waals surface area contributed by atoms with E-state index in [0.717, 1.165) is 19.5 Å². The number of nitrogens with zero attached hydrogens (tertiary/aromatic N) is 2. The number of nitrogens with one attached hydrogen (secondary N) is 1. The Bertz CT molecular complexity index is 386. The Labute approximate surface area is 146 Å². The first kappa shape index (κ1) is 20.2. The van der Waals surface area contributed by atoms with Crippen LogP contribution in [0.3, 0.4) is 0 Å². The van der Waals surface area contributed by atoms with Gasteiger partial charge in [0, 0.05) is 45.1 Å². The van der Waals surface area contributed by atoms with Crippen molar-refractivity contribution in [3.63, 3.8) is 0 Å². The van der Waals surface area contributed by atoms with Gasteiger partial charge < -0.3 is 15.1 Å². The topological polar surface area (TPSA) is 52.7 Å². The second-order valence-electron chi connectivity index (χ2n) is 6.87. The summed E-state index contributed by atoms with van der Waals surface area (Å²) in [5, 5.41) is 3.06. The van der Waals surface area contributed by atoms with Crippen molar-refractivity contribution in [1.82, 2.24) is 15.1 Å². The van der Waals surface area contributed by atoms with Crippen LogP contribution in [0.5, 0.6) is 0 Å². The molecule has 1 atom stereocenters. The largest absolute Gasteiger partial charge is 0.341 e. The van der Waals surface area contributed by atoms with Gasteiger partial charge in [0.1, 0.15) is 0 Å². The van der Waals surface area contributed by atoms with Crippen LogP contribution in [0, 0.1) is 11.8 Å². The zero-order valence-electron chi connectivity index (χ0n) is 14.6. The first-order chi connectivity index (χ1) is 10.6. The molecule has 2 fully saturated rings. The summed E-state index contributed by atoms with van der Waals surface area (Å²) >= 11 is 0. The molecule has 5 nitrogen and oxygen atoms in total. The number of hydrogen-bond donors (Lipinski definition) is 1. The molecule has 1 aliphatic heterocycles. The van der Waals surface area contributed by atoms with E-state index in [1.807, 2.05) is 23.8 Å². The summed E-state index contributed by atoms with van der Waals surface area (Å²) in [6.45, 7) is 5.63. The van der Waals surface area contributed by atoms with Crippen molar-refractivity contribution < 1.29 is 9.59 Å². The van der Waals surface area contributed by atoms with Gasteiger partial charge in [-0.15, -0.1) is 12.4 Å². The third-order valence-corrected chi connectivity index (χ3v) is 5.03. The van der Waals surface area contributed by atoms with Gasteiger partial charge in [-0.25, -0.2) is 0 Å². The Hall–Kier alpha value is -0.810. The molecule has 0 aromatic carbocycles. The molecule has 6 heteroatoms. The number of amides is 2. The van der Waals surface area contributed by atoms with E-state index in [9.17, 15) is 9.59 Å². The Kier molecular flexibility index (Phi) is 8.92. The van der Waals surface area contributed by atoms with Gasteiger partial charge in [-0.2, -0.15) is 0 Å². The normalized spacial score (nSPS) is 20.8. The van der Waals surface area contributed by atoms with E-state index in [1.165, 1.54) is 25.7 Å². The molecular formula is C17H32ClN3O2. The van der Waals surface area contributed by atoms with Gasteiger partial charge in [-0.05, 0) is 32.2 Å². The van der Waals surface area contributed by atoms with Gasteiger partial charge in [-0.1, -0.05) is 19.8 Å². The summed E-state index contributed by atoms with van der Waals surface area (Å²) < 4.78 is 0. The maximum absolute atomic E-state index is 12.4. The maximum atomic E-state index is 12.4. The summed E-state index contributed by atoms with van der Waals surface area (Å²) in [6.07, 6.45) is 6.60. The van der Waals surface area contributed by atoms with Gasteiger partial charge in [0.2, 0.25) is 11.8 Å². The highest BCUT2D eigenvalue weighted by molar-refractivity contribution is 5.85. The molecule has 134 valence electrons. The number of carbonyl (C=O) groups is 2. The molecule has 2 amide bonds. The van der Waals surface area contributed by atoms with Crippen molar-refractivity contribution in [3.8, 4) is 0 Å². The smallest absolute Gasteiger partial charge is 0.226 e. The van der Waals surface area contributed by atoms with Gasteiger partial charge >= 0.3 is 0 Å². The quantitative estimate of drug-likeness (QED) is 0.828. The molecule has 1 heterocycles. The van der Waals surface area contributed by atoms with Crippen LogP contribution in [0.2, 0.25) is 0 Å². The average Bonchev–Trinajstić information content (AvgIpc) is 2.88. The molecule has 1 saturated heterocycles. The molecule has 1 saturated carbocycles. The first-order valence-electron chi connectivity index (χ1n) is 8.83.